The summed E-state index contributed by atoms with van der Waals surface area (Å²) in [6, 6.07) is 5.60. The Bertz CT molecular complexity index is 1280. The van der Waals surface area contributed by atoms with Crippen molar-refractivity contribution in [3.05, 3.63) is 34.7 Å². The van der Waals surface area contributed by atoms with Gasteiger partial charge in [0.15, 0.2) is 14.1 Å². The third-order valence-corrected chi connectivity index (χ3v) is 13.1. The standard InChI is InChI=1S/C29H42BClFN5O3Si/c1-28(2,3)41(6,7)40-16-20-12-21(13-23(32)25(20)30-38-17-29(4,5)18-39-30)35-27-34-15-22(31)26(37-27)36-24-11-9-8-10-19(24)14-33/h12-13,15,19,24H,8-11,16-18H2,1-7H3,(H2,34,35,36,37)/t19-,24+/m0/s1. The maximum absolute atomic E-state index is 15.8. The zero-order chi connectivity index (χ0) is 30.0. The second-order valence-electron chi connectivity index (χ2n) is 13.5. The van der Waals surface area contributed by atoms with Gasteiger partial charge in [0, 0.05) is 35.8 Å². The molecule has 2 N–H and O–H groups in total. The molecule has 2 heterocycles. The molecule has 2 aromatic rings. The minimum Gasteiger partial charge on any atom is -0.413 e. The molecule has 4 rings (SSSR count). The van der Waals surface area contributed by atoms with Crippen molar-refractivity contribution in [3.8, 4) is 6.07 Å². The van der Waals surface area contributed by atoms with E-state index in [-0.39, 0.29) is 35.0 Å². The SMILES string of the molecule is CC1(C)COB(c2c(F)cc(Nc3ncc(Cl)c(N[C@@H]4CCCC[C@H]4C#N)n3)cc2CO[Si](C)(C)C(C)(C)C)OC1. The average Bonchev–Trinajstić information content (AvgIpc) is 2.89. The van der Waals surface area contributed by atoms with Crippen LogP contribution in [0, 0.1) is 28.5 Å². The van der Waals surface area contributed by atoms with E-state index in [2.05, 4.69) is 74.4 Å². The fourth-order valence-corrected chi connectivity index (χ4v) is 5.85. The Morgan fingerprint density at radius 3 is 2.56 bits per heavy atom. The first-order valence-corrected chi connectivity index (χ1v) is 17.6. The van der Waals surface area contributed by atoms with Crippen LogP contribution in [0.5, 0.6) is 0 Å². The first-order chi connectivity index (χ1) is 19.2. The summed E-state index contributed by atoms with van der Waals surface area (Å²) in [4.78, 5) is 8.88. The van der Waals surface area contributed by atoms with Gasteiger partial charge < -0.3 is 24.4 Å². The highest BCUT2D eigenvalue weighted by atomic mass is 35.5. The third kappa shape index (κ3) is 7.79. The van der Waals surface area contributed by atoms with Crippen LogP contribution in [0.2, 0.25) is 23.2 Å². The van der Waals surface area contributed by atoms with E-state index in [0.717, 1.165) is 25.7 Å². The molecule has 1 aliphatic heterocycles. The molecule has 222 valence electrons. The monoisotopic (exact) mass is 601 g/mol. The molecule has 0 bridgehead atoms. The molecule has 12 heteroatoms. The third-order valence-electron chi connectivity index (χ3n) is 8.35. The predicted molar refractivity (Wildman–Crippen MR) is 165 cm³/mol. The highest BCUT2D eigenvalue weighted by Gasteiger charge is 2.40. The highest BCUT2D eigenvalue weighted by molar-refractivity contribution is 6.74. The Labute approximate surface area is 250 Å². The molecule has 1 saturated carbocycles. The number of halogens is 2. The first kappa shape index (κ1) is 31.7. The fourth-order valence-electron chi connectivity index (χ4n) is 4.76. The van der Waals surface area contributed by atoms with Crippen LogP contribution in [0.15, 0.2) is 18.3 Å². The molecule has 8 nitrogen and oxygen atoms in total. The molecule has 0 unspecified atom stereocenters. The van der Waals surface area contributed by atoms with Crippen molar-refractivity contribution < 1.29 is 18.1 Å². The average molecular weight is 602 g/mol. The molecule has 2 atom stereocenters. The lowest BCUT2D eigenvalue weighted by Gasteiger charge is -2.37. The molecule has 0 amide bonds. The minimum atomic E-state index is -2.13. The predicted octanol–water partition coefficient (Wildman–Crippen LogP) is 6.80. The van der Waals surface area contributed by atoms with E-state index < -0.39 is 21.3 Å². The Kier molecular flexibility index (Phi) is 9.71. The van der Waals surface area contributed by atoms with Gasteiger partial charge in [-0.2, -0.15) is 10.2 Å². The number of nitriles is 1. The lowest BCUT2D eigenvalue weighted by Crippen LogP contribution is -2.50. The molecule has 0 spiro atoms. The first-order valence-electron chi connectivity index (χ1n) is 14.3. The zero-order valence-corrected chi connectivity index (χ0v) is 27.0. The topological polar surface area (TPSA) is 101 Å². The van der Waals surface area contributed by atoms with Crippen molar-refractivity contribution in [1.29, 1.82) is 5.26 Å². The van der Waals surface area contributed by atoms with Gasteiger partial charge in [0.2, 0.25) is 5.95 Å². The van der Waals surface area contributed by atoms with Gasteiger partial charge in [0.1, 0.15) is 10.8 Å². The van der Waals surface area contributed by atoms with Gasteiger partial charge in [-0.15, -0.1) is 0 Å². The van der Waals surface area contributed by atoms with Gasteiger partial charge in [-0.25, -0.2) is 9.37 Å². The van der Waals surface area contributed by atoms with Crippen molar-refractivity contribution in [2.75, 3.05) is 23.8 Å². The summed E-state index contributed by atoms with van der Waals surface area (Å²) in [6.07, 6.45) is 5.30. The fraction of sp³-hybridized carbons (Fsp3) is 0.621. The second-order valence-corrected chi connectivity index (χ2v) is 18.7. The molecule has 0 radical (unpaired) electrons. The van der Waals surface area contributed by atoms with Gasteiger partial charge in [-0.1, -0.05) is 59.1 Å². The van der Waals surface area contributed by atoms with E-state index in [9.17, 15) is 5.26 Å². The Morgan fingerprint density at radius 2 is 1.90 bits per heavy atom. The molecule has 41 heavy (non-hydrogen) atoms. The molecule has 2 fully saturated rings. The summed E-state index contributed by atoms with van der Waals surface area (Å²) in [7, 11) is -2.95. The number of hydrogen-bond donors (Lipinski definition) is 2. The van der Waals surface area contributed by atoms with Gasteiger partial charge in [0.25, 0.3) is 0 Å². The maximum atomic E-state index is 15.8. The highest BCUT2D eigenvalue weighted by Crippen LogP contribution is 2.37. The summed E-state index contributed by atoms with van der Waals surface area (Å²) in [5.41, 5.74) is 1.32. The Morgan fingerprint density at radius 1 is 1.22 bits per heavy atom. The number of anilines is 3. The van der Waals surface area contributed by atoms with Crippen molar-refractivity contribution in [1.82, 2.24) is 9.97 Å². The molecular formula is C29H42BClFN5O3Si. The van der Waals surface area contributed by atoms with Crippen LogP contribution in [0.4, 0.5) is 21.8 Å². The number of hydrogen-bond acceptors (Lipinski definition) is 8. The van der Waals surface area contributed by atoms with Gasteiger partial charge in [-0.05, 0) is 48.7 Å². The van der Waals surface area contributed by atoms with Gasteiger partial charge in [-0.3, -0.25) is 0 Å². The quantitative estimate of drug-likeness (QED) is 0.319. The van der Waals surface area contributed by atoms with Gasteiger partial charge in [0.05, 0.1) is 24.8 Å². The van der Waals surface area contributed by atoms with E-state index in [1.807, 2.05) is 6.07 Å². The Balaban J connectivity index is 1.61. The van der Waals surface area contributed by atoms with E-state index in [1.165, 1.54) is 12.3 Å². The van der Waals surface area contributed by atoms with Crippen molar-refractivity contribution in [2.45, 2.75) is 91.1 Å². The number of benzene rings is 1. The summed E-state index contributed by atoms with van der Waals surface area (Å²) in [6.45, 7) is 16.1. The van der Waals surface area contributed by atoms with Crippen molar-refractivity contribution >= 4 is 50.0 Å². The molecule has 1 aromatic carbocycles. The maximum Gasteiger partial charge on any atom is 0.497 e. The van der Waals surface area contributed by atoms with Crippen LogP contribution in [-0.4, -0.2) is 44.7 Å². The number of nitrogens with one attached hydrogen (secondary N) is 2. The van der Waals surface area contributed by atoms with Crippen LogP contribution in [0.25, 0.3) is 0 Å². The van der Waals surface area contributed by atoms with Gasteiger partial charge >= 0.3 is 7.12 Å². The number of nitrogens with zero attached hydrogens (tertiary/aromatic N) is 3. The molecular weight excluding hydrogens is 560 g/mol. The molecule has 1 saturated heterocycles. The number of rotatable bonds is 8. The Hall–Kier alpha value is -2.23. The summed E-state index contributed by atoms with van der Waals surface area (Å²) < 4.78 is 34.3. The van der Waals surface area contributed by atoms with Crippen LogP contribution < -0.4 is 16.1 Å². The van der Waals surface area contributed by atoms with Crippen LogP contribution in [0.3, 0.4) is 0 Å². The van der Waals surface area contributed by atoms with Crippen LogP contribution in [0.1, 0.15) is 65.9 Å². The molecule has 1 aliphatic carbocycles. The van der Waals surface area contributed by atoms with E-state index >= 15 is 4.39 Å². The van der Waals surface area contributed by atoms with Crippen molar-refractivity contribution in [3.63, 3.8) is 0 Å². The van der Waals surface area contributed by atoms with Crippen LogP contribution in [-0.2, 0) is 20.3 Å². The summed E-state index contributed by atoms with van der Waals surface area (Å²) in [5.74, 6) is 0.143. The van der Waals surface area contributed by atoms with E-state index in [1.54, 1.807) is 0 Å². The van der Waals surface area contributed by atoms with Crippen molar-refractivity contribution in [2.24, 2.45) is 11.3 Å². The zero-order valence-electron chi connectivity index (χ0n) is 25.2. The second kappa shape index (κ2) is 12.6. The normalized spacial score (nSPS) is 21.3. The summed E-state index contributed by atoms with van der Waals surface area (Å²) >= 11 is 6.41. The largest absolute Gasteiger partial charge is 0.497 e. The van der Waals surface area contributed by atoms with E-state index in [4.69, 9.17) is 25.3 Å². The van der Waals surface area contributed by atoms with E-state index in [0.29, 0.717) is 40.8 Å². The lowest BCUT2D eigenvalue weighted by molar-refractivity contribution is 0.0339. The lowest BCUT2D eigenvalue weighted by atomic mass is 9.73. The van der Waals surface area contributed by atoms with Crippen LogP contribution >= 0.6 is 11.6 Å². The molecule has 2 aliphatic rings. The number of aromatic nitrogens is 2. The smallest absolute Gasteiger partial charge is 0.413 e. The minimum absolute atomic E-state index is 0.00708. The molecule has 1 aromatic heterocycles. The summed E-state index contributed by atoms with van der Waals surface area (Å²) in [5, 5.41) is 16.4.